The maximum Gasteiger partial charge on any atom is 0.351 e. The summed E-state index contributed by atoms with van der Waals surface area (Å²) in [7, 11) is -17.2. The molecule has 0 aliphatic carbocycles. The third-order valence-electron chi connectivity index (χ3n) is 5.55. The third-order valence-corrected chi connectivity index (χ3v) is 35.5. The summed E-state index contributed by atoms with van der Waals surface area (Å²) >= 11 is 0. The highest BCUT2D eigenvalue weighted by atomic mass is 28.5. The Morgan fingerprint density at radius 1 is 0.455 bits per heavy atom. The predicted octanol–water partition coefficient (Wildman–Crippen LogP) is 5.06. The Morgan fingerprint density at radius 2 is 0.788 bits per heavy atom. The minimum atomic E-state index is -2.69. The molecule has 0 atom stereocenters. The molecule has 0 radical (unpaired) electrons. The molecule has 2 heterocycles. The quantitative estimate of drug-likeness (QED) is 0.463. The van der Waals surface area contributed by atoms with Gasteiger partial charge in [-0.25, -0.2) is 0 Å². The first-order valence-corrected chi connectivity index (χ1v) is 30.4. The number of hydrogen-bond donors (Lipinski definition) is 0. The zero-order chi connectivity index (χ0) is 25.0. The lowest BCUT2D eigenvalue weighted by Crippen LogP contribution is -2.70. The molecule has 14 heteroatoms. The lowest BCUT2D eigenvalue weighted by Gasteiger charge is -2.50. The van der Waals surface area contributed by atoms with Crippen LogP contribution < -0.4 is 5.19 Å². The average molecular weight is 579 g/mol. The van der Waals surface area contributed by atoms with Crippen molar-refractivity contribution >= 4 is 65.1 Å². The number of benzene rings is 1. The standard InChI is InChI=1S/C19H42O7Si7/c1-27(2)20-28(3,4)22-31(9,21-27)17-18-32(10)23-29(5,6)25-33(11,26-30(7,8)24-32)19-15-13-12-14-16-19/h12-16H,17-18H2,1-11H3. The van der Waals surface area contributed by atoms with Crippen molar-refractivity contribution in [3.8, 4) is 0 Å². The van der Waals surface area contributed by atoms with Crippen LogP contribution in [0.5, 0.6) is 0 Å². The van der Waals surface area contributed by atoms with E-state index in [0.29, 0.717) is 0 Å². The average Bonchev–Trinajstić information content (AvgIpc) is 2.54. The second kappa shape index (κ2) is 9.09. The molecule has 0 saturated carbocycles. The molecule has 0 spiro atoms. The van der Waals surface area contributed by atoms with E-state index in [2.05, 4.69) is 84.1 Å². The predicted molar refractivity (Wildman–Crippen MR) is 148 cm³/mol. The van der Waals surface area contributed by atoms with E-state index in [1.165, 1.54) is 0 Å². The summed E-state index contributed by atoms with van der Waals surface area (Å²) in [5.41, 5.74) is 0. The van der Waals surface area contributed by atoms with E-state index < -0.39 is 59.9 Å². The van der Waals surface area contributed by atoms with Crippen LogP contribution in [0.1, 0.15) is 0 Å². The first-order chi connectivity index (χ1) is 14.8. The summed E-state index contributed by atoms with van der Waals surface area (Å²) in [4.78, 5) is 0. The molecular formula is C19H42O7Si7. The summed E-state index contributed by atoms with van der Waals surface area (Å²) < 4.78 is 46.7. The van der Waals surface area contributed by atoms with Crippen molar-refractivity contribution in [2.45, 2.75) is 84.1 Å². The van der Waals surface area contributed by atoms with Crippen molar-refractivity contribution in [3.63, 3.8) is 0 Å². The third kappa shape index (κ3) is 7.48. The summed E-state index contributed by atoms with van der Waals surface area (Å²) in [5.74, 6) is 0. The van der Waals surface area contributed by atoms with E-state index in [-0.39, 0.29) is 0 Å². The molecule has 3 rings (SSSR count). The smallest absolute Gasteiger partial charge is 0.351 e. The maximum absolute atomic E-state index is 6.88. The van der Waals surface area contributed by atoms with Crippen molar-refractivity contribution in [2.24, 2.45) is 0 Å². The minimum absolute atomic E-state index is 0.799. The van der Waals surface area contributed by atoms with Crippen LogP contribution in [0.25, 0.3) is 0 Å². The first-order valence-electron chi connectivity index (χ1n) is 11.7. The zero-order valence-corrected chi connectivity index (χ0v) is 29.2. The van der Waals surface area contributed by atoms with Gasteiger partial charge in [-0.15, -0.1) is 0 Å². The van der Waals surface area contributed by atoms with E-state index in [1.54, 1.807) is 0 Å². The highest BCUT2D eigenvalue weighted by Gasteiger charge is 2.57. The van der Waals surface area contributed by atoms with Gasteiger partial charge in [0.25, 0.3) is 0 Å². The second-order valence-corrected chi connectivity index (χ2v) is 36.3. The summed E-state index contributed by atoms with van der Waals surface area (Å²) in [6.07, 6.45) is 0. The van der Waals surface area contributed by atoms with Gasteiger partial charge in [-0.3, -0.25) is 0 Å². The van der Waals surface area contributed by atoms with Gasteiger partial charge in [-0.2, -0.15) is 0 Å². The lowest BCUT2D eigenvalue weighted by atomic mass is 10.4. The molecule has 0 N–H and O–H groups in total. The number of hydrogen-bond acceptors (Lipinski definition) is 7. The largest absolute Gasteiger partial charge is 0.416 e. The fraction of sp³-hybridized carbons (Fsp3) is 0.684. The number of rotatable bonds is 4. The topological polar surface area (TPSA) is 64.6 Å². The van der Waals surface area contributed by atoms with Gasteiger partial charge < -0.3 is 28.8 Å². The van der Waals surface area contributed by atoms with E-state index in [1.807, 2.05) is 18.2 Å². The molecule has 7 nitrogen and oxygen atoms in total. The summed E-state index contributed by atoms with van der Waals surface area (Å²) in [5, 5.41) is 1.12. The first kappa shape index (κ1) is 28.0. The van der Waals surface area contributed by atoms with Crippen LogP contribution in [0.2, 0.25) is 84.1 Å². The van der Waals surface area contributed by atoms with Gasteiger partial charge in [-0.1, -0.05) is 30.3 Å². The SMILES string of the molecule is C[Si]1(C)O[Si](C)(C)O[Si](C)(CC[Si]2(C)O[Si](C)(C)O[Si](C)(c3ccccc3)O[Si](C)(C)O2)O1. The molecule has 2 fully saturated rings. The molecule has 0 bridgehead atoms. The van der Waals surface area contributed by atoms with Gasteiger partial charge in [-0.05, 0) is 89.3 Å². The highest BCUT2D eigenvalue weighted by molar-refractivity contribution is 6.98. The van der Waals surface area contributed by atoms with Crippen LogP contribution in [0.15, 0.2) is 30.3 Å². The Morgan fingerprint density at radius 3 is 1.15 bits per heavy atom. The molecular weight excluding hydrogens is 537 g/mol. The van der Waals surface area contributed by atoms with Crippen molar-refractivity contribution in [3.05, 3.63) is 30.3 Å². The van der Waals surface area contributed by atoms with Gasteiger partial charge in [0.2, 0.25) is 0 Å². The molecule has 2 saturated heterocycles. The minimum Gasteiger partial charge on any atom is -0.416 e. The van der Waals surface area contributed by atoms with E-state index in [4.69, 9.17) is 28.8 Å². The fourth-order valence-corrected chi connectivity index (χ4v) is 44.9. The van der Waals surface area contributed by atoms with Crippen LogP contribution in [-0.4, -0.2) is 59.9 Å². The molecule has 2 aliphatic rings. The normalized spacial score (nSPS) is 34.8. The Kier molecular flexibility index (Phi) is 7.72. The zero-order valence-electron chi connectivity index (χ0n) is 22.2. The van der Waals surface area contributed by atoms with Crippen LogP contribution in [0.3, 0.4) is 0 Å². The monoisotopic (exact) mass is 578 g/mol. The van der Waals surface area contributed by atoms with Gasteiger partial charge in [0, 0.05) is 0 Å². The fourth-order valence-electron chi connectivity index (χ4n) is 5.27. The Hall–Kier alpha value is 0.458. The van der Waals surface area contributed by atoms with Crippen molar-refractivity contribution in [1.82, 2.24) is 0 Å². The van der Waals surface area contributed by atoms with Gasteiger partial charge in [0.15, 0.2) is 0 Å². The summed E-state index contributed by atoms with van der Waals surface area (Å²) in [6.45, 7) is 23.4. The lowest BCUT2D eigenvalue weighted by molar-refractivity contribution is 0.224. The van der Waals surface area contributed by atoms with Gasteiger partial charge in [0.05, 0.1) is 0 Å². The molecule has 0 unspecified atom stereocenters. The van der Waals surface area contributed by atoms with E-state index in [9.17, 15) is 0 Å². The molecule has 0 aromatic heterocycles. The molecule has 188 valence electrons. The van der Waals surface area contributed by atoms with Crippen LogP contribution in [0, 0.1) is 0 Å². The maximum atomic E-state index is 6.88. The van der Waals surface area contributed by atoms with Crippen LogP contribution in [-0.2, 0) is 28.8 Å². The Bertz CT molecular complexity index is 814. The molecule has 1 aromatic carbocycles. The molecule has 0 amide bonds. The van der Waals surface area contributed by atoms with E-state index in [0.717, 1.165) is 17.3 Å². The Balaban J connectivity index is 1.83. The van der Waals surface area contributed by atoms with Crippen LogP contribution >= 0.6 is 0 Å². The second-order valence-electron chi connectivity index (χ2n) is 11.4. The van der Waals surface area contributed by atoms with Gasteiger partial charge >= 0.3 is 59.9 Å². The van der Waals surface area contributed by atoms with Crippen molar-refractivity contribution in [2.75, 3.05) is 0 Å². The molecule has 1 aromatic rings. The molecule has 33 heavy (non-hydrogen) atoms. The van der Waals surface area contributed by atoms with Crippen molar-refractivity contribution < 1.29 is 28.8 Å². The molecule has 2 aliphatic heterocycles. The van der Waals surface area contributed by atoms with E-state index >= 15 is 0 Å². The van der Waals surface area contributed by atoms with Crippen LogP contribution in [0.4, 0.5) is 0 Å². The Labute approximate surface area is 207 Å². The van der Waals surface area contributed by atoms with Crippen molar-refractivity contribution in [1.29, 1.82) is 0 Å². The summed E-state index contributed by atoms with van der Waals surface area (Å²) in [6, 6.07) is 11.9. The van der Waals surface area contributed by atoms with Gasteiger partial charge in [0.1, 0.15) is 0 Å². The highest BCUT2D eigenvalue weighted by Crippen LogP contribution is 2.38.